The highest BCUT2D eigenvalue weighted by atomic mass is 32.2. The molecule has 0 atom stereocenters. The number of hydrogen-bond acceptors (Lipinski definition) is 6. The van der Waals surface area contributed by atoms with E-state index in [2.05, 4.69) is 19.2 Å². The average molecular weight is 448 g/mol. The molecule has 0 fully saturated rings. The van der Waals surface area contributed by atoms with Gasteiger partial charge in [-0.2, -0.15) is 0 Å². The van der Waals surface area contributed by atoms with Crippen molar-refractivity contribution in [3.8, 4) is 0 Å². The fourth-order valence-corrected chi connectivity index (χ4v) is 6.29. The Kier molecular flexibility index (Phi) is 6.77. The van der Waals surface area contributed by atoms with E-state index in [0.29, 0.717) is 21.4 Å². The molecule has 1 aromatic carbocycles. The second-order valence-electron chi connectivity index (χ2n) is 7.41. The predicted octanol–water partition coefficient (Wildman–Crippen LogP) is 4.17. The first kappa shape index (κ1) is 22.2. The summed E-state index contributed by atoms with van der Waals surface area (Å²) in [6.07, 6.45) is 3.34. The first-order valence-electron chi connectivity index (χ1n) is 9.81. The molecule has 160 valence electrons. The van der Waals surface area contributed by atoms with Crippen LogP contribution >= 0.6 is 11.3 Å². The summed E-state index contributed by atoms with van der Waals surface area (Å²) in [5.41, 5.74) is 3.04. The molecule has 0 aliphatic carbocycles. The molecule has 2 aromatic rings. The van der Waals surface area contributed by atoms with E-state index >= 15 is 0 Å². The lowest BCUT2D eigenvalue weighted by atomic mass is 10.0. The van der Waals surface area contributed by atoms with Crippen molar-refractivity contribution in [2.45, 2.75) is 38.9 Å². The molecule has 0 bridgehead atoms. The first-order chi connectivity index (χ1) is 14.2. The van der Waals surface area contributed by atoms with Crippen molar-refractivity contribution in [1.29, 1.82) is 0 Å². The standard InChI is InChI=1S/C22H25NO5S2/c1-4-28-22(25)20-17-11-12-30(26,27)13-18(17)29-21(20)23-19(24)10-7-15-5-8-16(9-6-15)14(2)3/h5-10,14H,4,11-13H2,1-3H3,(H,23,24)/b10-7+. The minimum Gasteiger partial charge on any atom is -0.462 e. The molecule has 0 radical (unpaired) electrons. The summed E-state index contributed by atoms with van der Waals surface area (Å²) in [4.78, 5) is 25.5. The van der Waals surface area contributed by atoms with Crippen LogP contribution in [0.1, 0.15) is 58.6 Å². The Bertz CT molecular complexity index is 1080. The van der Waals surface area contributed by atoms with Crippen LogP contribution in [0.4, 0.5) is 5.00 Å². The number of ether oxygens (including phenoxy) is 1. The average Bonchev–Trinajstić information content (AvgIpc) is 3.02. The van der Waals surface area contributed by atoms with Crippen molar-refractivity contribution in [2.24, 2.45) is 0 Å². The summed E-state index contributed by atoms with van der Waals surface area (Å²) in [5.74, 6) is -0.634. The topological polar surface area (TPSA) is 89.5 Å². The van der Waals surface area contributed by atoms with Crippen LogP contribution in [-0.2, 0) is 31.5 Å². The number of esters is 1. The Morgan fingerprint density at radius 1 is 1.23 bits per heavy atom. The van der Waals surface area contributed by atoms with Gasteiger partial charge < -0.3 is 10.1 Å². The molecule has 1 N–H and O–H groups in total. The third kappa shape index (κ3) is 5.17. The van der Waals surface area contributed by atoms with Crippen LogP contribution in [0.15, 0.2) is 30.3 Å². The van der Waals surface area contributed by atoms with Crippen molar-refractivity contribution in [3.63, 3.8) is 0 Å². The molecule has 0 saturated carbocycles. The number of benzene rings is 1. The van der Waals surface area contributed by atoms with E-state index < -0.39 is 21.7 Å². The van der Waals surface area contributed by atoms with Gasteiger partial charge in [0.1, 0.15) is 5.00 Å². The lowest BCUT2D eigenvalue weighted by Gasteiger charge is -2.13. The van der Waals surface area contributed by atoms with Gasteiger partial charge in [0.2, 0.25) is 5.91 Å². The highest BCUT2D eigenvalue weighted by Crippen LogP contribution is 2.38. The number of rotatable bonds is 6. The summed E-state index contributed by atoms with van der Waals surface area (Å²) in [5, 5.41) is 3.07. The number of fused-ring (bicyclic) bond motifs is 1. The lowest BCUT2D eigenvalue weighted by molar-refractivity contribution is -0.111. The van der Waals surface area contributed by atoms with E-state index in [1.165, 1.54) is 11.6 Å². The molecule has 0 spiro atoms. The molecular weight excluding hydrogens is 422 g/mol. The van der Waals surface area contributed by atoms with Gasteiger partial charge in [0.05, 0.1) is 23.7 Å². The van der Waals surface area contributed by atoms with Crippen molar-refractivity contribution < 1.29 is 22.7 Å². The first-order valence-corrected chi connectivity index (χ1v) is 12.4. The number of carbonyl (C=O) groups is 2. The molecule has 2 heterocycles. The summed E-state index contributed by atoms with van der Waals surface area (Å²) < 4.78 is 29.1. The number of anilines is 1. The molecular formula is C22H25NO5S2. The van der Waals surface area contributed by atoms with Crippen LogP contribution in [0.2, 0.25) is 0 Å². The van der Waals surface area contributed by atoms with Gasteiger partial charge in [-0.3, -0.25) is 4.79 Å². The Hall–Kier alpha value is -2.45. The molecule has 0 unspecified atom stereocenters. The van der Waals surface area contributed by atoms with Gasteiger partial charge in [-0.05, 0) is 42.0 Å². The Labute approximate surface area is 180 Å². The van der Waals surface area contributed by atoms with Crippen LogP contribution in [0.5, 0.6) is 0 Å². The number of carbonyl (C=O) groups excluding carboxylic acids is 2. The summed E-state index contributed by atoms with van der Waals surface area (Å²) in [6, 6.07) is 7.93. The number of nitrogens with one attached hydrogen (secondary N) is 1. The number of amides is 1. The zero-order valence-electron chi connectivity index (χ0n) is 17.2. The van der Waals surface area contributed by atoms with E-state index in [-0.39, 0.29) is 30.1 Å². The molecule has 1 aromatic heterocycles. The fraction of sp³-hybridized carbons (Fsp3) is 0.364. The number of sulfone groups is 1. The molecule has 1 aliphatic heterocycles. The maximum atomic E-state index is 12.5. The zero-order chi connectivity index (χ0) is 21.9. The summed E-state index contributed by atoms with van der Waals surface area (Å²) >= 11 is 1.13. The highest BCUT2D eigenvalue weighted by molar-refractivity contribution is 7.90. The largest absolute Gasteiger partial charge is 0.462 e. The Morgan fingerprint density at radius 2 is 1.93 bits per heavy atom. The normalized spacial score (nSPS) is 15.2. The maximum Gasteiger partial charge on any atom is 0.341 e. The third-order valence-corrected chi connectivity index (χ3v) is 7.74. The van der Waals surface area contributed by atoms with Crippen molar-refractivity contribution >= 4 is 44.1 Å². The van der Waals surface area contributed by atoms with Crippen LogP contribution in [0.25, 0.3) is 6.08 Å². The summed E-state index contributed by atoms with van der Waals surface area (Å²) in [6.45, 7) is 6.13. The van der Waals surface area contributed by atoms with Gasteiger partial charge in [-0.15, -0.1) is 11.3 Å². The molecule has 3 rings (SSSR count). The van der Waals surface area contributed by atoms with E-state index in [4.69, 9.17) is 4.74 Å². The Balaban J connectivity index is 1.82. The van der Waals surface area contributed by atoms with Crippen molar-refractivity contribution in [2.75, 3.05) is 17.7 Å². The molecule has 6 nitrogen and oxygen atoms in total. The van der Waals surface area contributed by atoms with Gasteiger partial charge >= 0.3 is 5.97 Å². The third-order valence-electron chi connectivity index (χ3n) is 4.85. The smallest absolute Gasteiger partial charge is 0.341 e. The van der Waals surface area contributed by atoms with Crippen LogP contribution in [0.3, 0.4) is 0 Å². The van der Waals surface area contributed by atoms with Crippen molar-refractivity contribution in [1.82, 2.24) is 0 Å². The van der Waals surface area contributed by atoms with E-state index in [1.807, 2.05) is 24.3 Å². The van der Waals surface area contributed by atoms with E-state index in [1.54, 1.807) is 13.0 Å². The van der Waals surface area contributed by atoms with Crippen LogP contribution in [0, 0.1) is 0 Å². The van der Waals surface area contributed by atoms with E-state index in [9.17, 15) is 18.0 Å². The monoisotopic (exact) mass is 447 g/mol. The Morgan fingerprint density at radius 3 is 2.57 bits per heavy atom. The van der Waals surface area contributed by atoms with Crippen molar-refractivity contribution in [3.05, 3.63) is 57.5 Å². The molecule has 0 saturated heterocycles. The van der Waals surface area contributed by atoms with Gasteiger partial charge in [0, 0.05) is 11.0 Å². The summed E-state index contributed by atoms with van der Waals surface area (Å²) in [7, 11) is -3.19. The minimum atomic E-state index is -3.19. The fourth-order valence-electron chi connectivity index (χ4n) is 3.25. The molecule has 1 aliphatic rings. The molecule has 1 amide bonds. The number of thiophene rings is 1. The quantitative estimate of drug-likeness (QED) is 0.530. The van der Waals surface area contributed by atoms with Gasteiger partial charge in [0.25, 0.3) is 0 Å². The molecule has 8 heteroatoms. The van der Waals surface area contributed by atoms with Gasteiger partial charge in [-0.25, -0.2) is 13.2 Å². The van der Waals surface area contributed by atoms with E-state index in [0.717, 1.165) is 16.9 Å². The highest BCUT2D eigenvalue weighted by Gasteiger charge is 2.31. The van der Waals surface area contributed by atoms with Crippen LogP contribution in [-0.4, -0.2) is 32.7 Å². The molecule has 30 heavy (non-hydrogen) atoms. The zero-order valence-corrected chi connectivity index (χ0v) is 18.9. The number of hydrogen-bond donors (Lipinski definition) is 1. The lowest BCUT2D eigenvalue weighted by Crippen LogP contribution is -2.20. The second-order valence-corrected chi connectivity index (χ2v) is 10.7. The maximum absolute atomic E-state index is 12.5. The minimum absolute atomic E-state index is 0.0111. The SMILES string of the molecule is CCOC(=O)c1c(NC(=O)/C=C/c2ccc(C(C)C)cc2)sc2c1CCS(=O)(=O)C2. The predicted molar refractivity (Wildman–Crippen MR) is 120 cm³/mol. The second kappa shape index (κ2) is 9.14. The van der Waals surface area contributed by atoms with Gasteiger partial charge in [0.15, 0.2) is 9.84 Å². The van der Waals surface area contributed by atoms with Crippen LogP contribution < -0.4 is 5.32 Å². The van der Waals surface area contributed by atoms with Gasteiger partial charge in [-0.1, -0.05) is 38.1 Å².